The van der Waals surface area contributed by atoms with Gasteiger partial charge in [-0.15, -0.1) is 0 Å². The van der Waals surface area contributed by atoms with Gasteiger partial charge in [0.2, 0.25) is 0 Å². The number of carbonyl (C=O) groups is 2. The number of amides is 1. The van der Waals surface area contributed by atoms with Crippen LogP contribution in [0.25, 0.3) is 0 Å². The fourth-order valence-corrected chi connectivity index (χ4v) is 2.69. The Hall–Kier alpha value is -1.85. The highest BCUT2D eigenvalue weighted by molar-refractivity contribution is 9.10. The van der Waals surface area contributed by atoms with Crippen molar-refractivity contribution in [3.8, 4) is 0 Å². The van der Waals surface area contributed by atoms with E-state index in [4.69, 9.17) is 16.3 Å². The third-order valence-corrected chi connectivity index (χ3v) is 4.27. The predicted molar refractivity (Wildman–Crippen MR) is 92.6 cm³/mol. The monoisotopic (exact) mass is 395 g/mol. The molecule has 0 saturated heterocycles. The molecule has 0 heterocycles. The summed E-state index contributed by atoms with van der Waals surface area (Å²) in [6.45, 7) is 0. The van der Waals surface area contributed by atoms with Gasteiger partial charge in [-0.05, 0) is 35.9 Å². The van der Waals surface area contributed by atoms with Gasteiger partial charge in [-0.1, -0.05) is 45.7 Å². The first-order valence-electron chi connectivity index (χ1n) is 6.89. The van der Waals surface area contributed by atoms with Gasteiger partial charge in [0.25, 0.3) is 5.91 Å². The maximum Gasteiger partial charge on any atom is 0.328 e. The van der Waals surface area contributed by atoms with Gasteiger partial charge < -0.3 is 10.1 Å². The second-order valence-electron chi connectivity index (χ2n) is 4.86. The molecule has 0 spiro atoms. The first-order chi connectivity index (χ1) is 11.0. The van der Waals surface area contributed by atoms with Crippen LogP contribution in [0.5, 0.6) is 0 Å². The summed E-state index contributed by atoms with van der Waals surface area (Å²) in [4.78, 5) is 24.3. The lowest BCUT2D eigenvalue weighted by Gasteiger charge is -2.17. The van der Waals surface area contributed by atoms with Crippen LogP contribution in [0.1, 0.15) is 15.9 Å². The van der Waals surface area contributed by atoms with Crippen molar-refractivity contribution in [2.24, 2.45) is 0 Å². The standard InChI is InChI=1S/C17H15BrClNO3/c1-23-17(22)15(10-12-9-13(19)7-8-14(12)18)20-16(21)11-5-3-2-4-6-11/h2-9,15H,10H2,1H3,(H,20,21)/t15-/m0/s1. The highest BCUT2D eigenvalue weighted by Gasteiger charge is 2.23. The first kappa shape index (κ1) is 17.5. The van der Waals surface area contributed by atoms with Crippen LogP contribution < -0.4 is 5.32 Å². The van der Waals surface area contributed by atoms with Gasteiger partial charge in [-0.3, -0.25) is 4.79 Å². The number of rotatable bonds is 5. The van der Waals surface area contributed by atoms with E-state index in [0.29, 0.717) is 10.6 Å². The molecule has 23 heavy (non-hydrogen) atoms. The van der Waals surface area contributed by atoms with Gasteiger partial charge in [0, 0.05) is 21.5 Å². The predicted octanol–water partition coefficient (Wildman–Crippen LogP) is 3.62. The van der Waals surface area contributed by atoms with Crippen molar-refractivity contribution in [1.82, 2.24) is 5.32 Å². The van der Waals surface area contributed by atoms with Crippen molar-refractivity contribution in [1.29, 1.82) is 0 Å². The zero-order chi connectivity index (χ0) is 16.8. The molecule has 0 unspecified atom stereocenters. The van der Waals surface area contributed by atoms with Crippen molar-refractivity contribution in [2.45, 2.75) is 12.5 Å². The lowest BCUT2D eigenvalue weighted by atomic mass is 10.1. The summed E-state index contributed by atoms with van der Waals surface area (Å²) in [5, 5.41) is 3.26. The number of nitrogens with one attached hydrogen (secondary N) is 1. The molecule has 2 rings (SSSR count). The summed E-state index contributed by atoms with van der Waals surface area (Å²) in [5.41, 5.74) is 1.29. The van der Waals surface area contributed by atoms with Gasteiger partial charge in [0.1, 0.15) is 6.04 Å². The highest BCUT2D eigenvalue weighted by Crippen LogP contribution is 2.22. The minimum atomic E-state index is -0.803. The average molecular weight is 397 g/mol. The smallest absolute Gasteiger partial charge is 0.328 e. The van der Waals surface area contributed by atoms with Crippen LogP contribution in [-0.4, -0.2) is 25.0 Å². The Kier molecular flexibility index (Phi) is 6.19. The number of benzene rings is 2. The van der Waals surface area contributed by atoms with E-state index in [0.717, 1.165) is 10.0 Å². The van der Waals surface area contributed by atoms with Crippen LogP contribution in [0.15, 0.2) is 53.0 Å². The molecule has 0 aliphatic heterocycles. The van der Waals surface area contributed by atoms with E-state index in [2.05, 4.69) is 21.2 Å². The quantitative estimate of drug-likeness (QED) is 0.786. The van der Waals surface area contributed by atoms with E-state index in [1.54, 1.807) is 42.5 Å². The Morgan fingerprint density at radius 3 is 2.57 bits per heavy atom. The Labute approximate surface area is 147 Å². The summed E-state index contributed by atoms with van der Waals surface area (Å²) in [5.74, 6) is -0.847. The summed E-state index contributed by atoms with van der Waals surface area (Å²) in [7, 11) is 1.29. The van der Waals surface area contributed by atoms with E-state index < -0.39 is 12.0 Å². The number of hydrogen-bond acceptors (Lipinski definition) is 3. The Morgan fingerprint density at radius 1 is 1.22 bits per heavy atom. The molecule has 6 heteroatoms. The molecule has 1 N–H and O–H groups in total. The van der Waals surface area contributed by atoms with E-state index in [1.165, 1.54) is 7.11 Å². The maximum absolute atomic E-state index is 12.3. The molecule has 0 aromatic heterocycles. The van der Waals surface area contributed by atoms with E-state index >= 15 is 0 Å². The van der Waals surface area contributed by atoms with Crippen LogP contribution >= 0.6 is 27.5 Å². The Balaban J connectivity index is 2.19. The number of esters is 1. The van der Waals surface area contributed by atoms with Gasteiger partial charge in [0.05, 0.1) is 7.11 Å². The van der Waals surface area contributed by atoms with Crippen LogP contribution in [0.2, 0.25) is 5.02 Å². The lowest BCUT2D eigenvalue weighted by molar-refractivity contribution is -0.142. The minimum absolute atomic E-state index is 0.270. The Bertz CT molecular complexity index is 706. The van der Waals surface area contributed by atoms with Crippen LogP contribution in [0, 0.1) is 0 Å². The van der Waals surface area contributed by atoms with E-state index in [-0.39, 0.29) is 12.3 Å². The number of halogens is 2. The third-order valence-electron chi connectivity index (χ3n) is 3.26. The molecular weight excluding hydrogens is 382 g/mol. The van der Waals surface area contributed by atoms with Gasteiger partial charge in [-0.25, -0.2) is 4.79 Å². The minimum Gasteiger partial charge on any atom is -0.467 e. The number of carbonyl (C=O) groups excluding carboxylic acids is 2. The molecule has 0 fully saturated rings. The van der Waals surface area contributed by atoms with Crippen molar-refractivity contribution < 1.29 is 14.3 Å². The molecule has 120 valence electrons. The molecule has 4 nitrogen and oxygen atoms in total. The Morgan fingerprint density at radius 2 is 1.91 bits per heavy atom. The summed E-state index contributed by atoms with van der Waals surface area (Å²) in [6.07, 6.45) is 0.270. The zero-order valence-corrected chi connectivity index (χ0v) is 14.7. The fraction of sp³-hybridized carbons (Fsp3) is 0.176. The SMILES string of the molecule is COC(=O)[C@H](Cc1cc(Cl)ccc1Br)NC(=O)c1ccccc1. The van der Waals surface area contributed by atoms with Crippen LogP contribution in [-0.2, 0) is 16.0 Å². The molecule has 2 aromatic rings. The molecule has 0 radical (unpaired) electrons. The molecule has 0 aliphatic rings. The van der Waals surface area contributed by atoms with Crippen molar-refractivity contribution in [3.63, 3.8) is 0 Å². The third kappa shape index (κ3) is 4.81. The van der Waals surface area contributed by atoms with E-state index in [1.807, 2.05) is 6.07 Å². The van der Waals surface area contributed by atoms with Crippen LogP contribution in [0.4, 0.5) is 0 Å². The molecular formula is C17H15BrClNO3. The topological polar surface area (TPSA) is 55.4 Å². The van der Waals surface area contributed by atoms with Crippen molar-refractivity contribution in [3.05, 3.63) is 69.2 Å². The summed E-state index contributed by atoms with van der Waals surface area (Å²) in [6, 6.07) is 13.2. The number of methoxy groups -OCH3 is 1. The summed E-state index contributed by atoms with van der Waals surface area (Å²) < 4.78 is 5.60. The summed E-state index contributed by atoms with van der Waals surface area (Å²) >= 11 is 9.41. The fourth-order valence-electron chi connectivity index (χ4n) is 2.09. The molecule has 2 aromatic carbocycles. The lowest BCUT2D eigenvalue weighted by Crippen LogP contribution is -2.43. The van der Waals surface area contributed by atoms with Gasteiger partial charge >= 0.3 is 5.97 Å². The second kappa shape index (κ2) is 8.13. The zero-order valence-electron chi connectivity index (χ0n) is 12.4. The second-order valence-corrected chi connectivity index (χ2v) is 6.15. The van der Waals surface area contributed by atoms with Crippen molar-refractivity contribution in [2.75, 3.05) is 7.11 Å². The maximum atomic E-state index is 12.3. The molecule has 0 saturated carbocycles. The largest absolute Gasteiger partial charge is 0.467 e. The van der Waals surface area contributed by atoms with Crippen LogP contribution in [0.3, 0.4) is 0 Å². The number of hydrogen-bond donors (Lipinski definition) is 1. The molecule has 0 aliphatic carbocycles. The van der Waals surface area contributed by atoms with E-state index in [9.17, 15) is 9.59 Å². The molecule has 0 bridgehead atoms. The molecule has 1 amide bonds. The van der Waals surface area contributed by atoms with Gasteiger partial charge in [-0.2, -0.15) is 0 Å². The first-order valence-corrected chi connectivity index (χ1v) is 8.06. The van der Waals surface area contributed by atoms with Gasteiger partial charge in [0.15, 0.2) is 0 Å². The number of ether oxygens (including phenoxy) is 1. The molecule has 1 atom stereocenters. The highest BCUT2D eigenvalue weighted by atomic mass is 79.9. The average Bonchev–Trinajstić information content (AvgIpc) is 2.57. The normalized spacial score (nSPS) is 11.6. The van der Waals surface area contributed by atoms with Crippen molar-refractivity contribution >= 4 is 39.4 Å².